The van der Waals surface area contributed by atoms with Gasteiger partial charge in [0.15, 0.2) is 5.82 Å². The molecular weight excluding hydrogens is 234 g/mol. The highest BCUT2D eigenvalue weighted by Gasteiger charge is 2.12. The molecule has 1 heterocycles. The summed E-state index contributed by atoms with van der Waals surface area (Å²) in [5.74, 6) is 1.29. The van der Waals surface area contributed by atoms with Crippen molar-refractivity contribution in [3.63, 3.8) is 0 Å². The van der Waals surface area contributed by atoms with Crippen molar-refractivity contribution in [1.29, 1.82) is 0 Å². The standard InChI is InChI=1S/C12H23N3O3/c1-5-11-13-12(18-14-11)7-15(4)6-10(16)8-17-9(2)3/h9-10,16H,5-8H2,1-4H3. The monoisotopic (exact) mass is 257 g/mol. The lowest BCUT2D eigenvalue weighted by molar-refractivity contribution is -0.00719. The van der Waals surface area contributed by atoms with E-state index in [1.807, 2.05) is 32.7 Å². The summed E-state index contributed by atoms with van der Waals surface area (Å²) in [6, 6.07) is 0. The van der Waals surface area contributed by atoms with Crippen molar-refractivity contribution in [3.8, 4) is 0 Å². The lowest BCUT2D eigenvalue weighted by Gasteiger charge is -2.19. The molecule has 1 atom stereocenters. The van der Waals surface area contributed by atoms with Gasteiger partial charge in [0.1, 0.15) is 0 Å². The average molecular weight is 257 g/mol. The molecule has 1 aromatic rings. The summed E-state index contributed by atoms with van der Waals surface area (Å²) in [6.45, 7) is 7.25. The van der Waals surface area contributed by atoms with E-state index in [2.05, 4.69) is 10.1 Å². The van der Waals surface area contributed by atoms with E-state index < -0.39 is 6.10 Å². The summed E-state index contributed by atoms with van der Waals surface area (Å²) in [5.41, 5.74) is 0. The number of hydrogen-bond donors (Lipinski definition) is 1. The molecule has 0 radical (unpaired) electrons. The summed E-state index contributed by atoms with van der Waals surface area (Å²) in [4.78, 5) is 6.15. The second-order valence-electron chi connectivity index (χ2n) is 4.69. The first-order chi connectivity index (χ1) is 8.51. The third-order valence-corrected chi connectivity index (χ3v) is 2.38. The third kappa shape index (κ3) is 5.57. The molecule has 0 aliphatic rings. The molecule has 6 heteroatoms. The molecule has 0 saturated heterocycles. The van der Waals surface area contributed by atoms with Gasteiger partial charge in [-0.05, 0) is 20.9 Å². The van der Waals surface area contributed by atoms with Crippen molar-refractivity contribution in [1.82, 2.24) is 15.0 Å². The van der Waals surface area contributed by atoms with Gasteiger partial charge in [0.25, 0.3) is 0 Å². The number of aryl methyl sites for hydroxylation is 1. The highest BCUT2D eigenvalue weighted by Crippen LogP contribution is 2.03. The molecule has 0 saturated carbocycles. The Morgan fingerprint density at radius 2 is 2.17 bits per heavy atom. The minimum atomic E-state index is -0.508. The number of rotatable bonds is 8. The van der Waals surface area contributed by atoms with Gasteiger partial charge in [0.2, 0.25) is 5.89 Å². The van der Waals surface area contributed by atoms with Gasteiger partial charge in [0.05, 0.1) is 25.4 Å². The van der Waals surface area contributed by atoms with E-state index >= 15 is 0 Å². The summed E-state index contributed by atoms with van der Waals surface area (Å²) in [7, 11) is 1.90. The van der Waals surface area contributed by atoms with Crippen LogP contribution in [0.5, 0.6) is 0 Å². The first-order valence-electron chi connectivity index (χ1n) is 6.31. The van der Waals surface area contributed by atoms with Gasteiger partial charge < -0.3 is 14.4 Å². The van der Waals surface area contributed by atoms with Gasteiger partial charge in [-0.25, -0.2) is 0 Å². The maximum absolute atomic E-state index is 9.76. The molecule has 104 valence electrons. The number of aromatic nitrogens is 2. The fourth-order valence-electron chi connectivity index (χ4n) is 1.51. The van der Waals surface area contributed by atoms with Gasteiger partial charge in [-0.15, -0.1) is 0 Å². The smallest absolute Gasteiger partial charge is 0.240 e. The zero-order valence-corrected chi connectivity index (χ0v) is 11.6. The predicted octanol–water partition coefficient (Wildman–Crippen LogP) is 0.850. The van der Waals surface area contributed by atoms with Crippen LogP contribution >= 0.6 is 0 Å². The molecule has 6 nitrogen and oxygen atoms in total. The van der Waals surface area contributed by atoms with Crippen molar-refractivity contribution in [2.75, 3.05) is 20.2 Å². The lowest BCUT2D eigenvalue weighted by atomic mass is 10.3. The molecular formula is C12H23N3O3. The maximum atomic E-state index is 9.76. The van der Waals surface area contributed by atoms with Crippen LogP contribution in [0.25, 0.3) is 0 Å². The maximum Gasteiger partial charge on any atom is 0.240 e. The van der Waals surface area contributed by atoms with E-state index in [1.165, 1.54) is 0 Å². The van der Waals surface area contributed by atoms with Crippen LogP contribution in [0.3, 0.4) is 0 Å². The largest absolute Gasteiger partial charge is 0.389 e. The van der Waals surface area contributed by atoms with Gasteiger partial charge in [0, 0.05) is 13.0 Å². The highest BCUT2D eigenvalue weighted by molar-refractivity contribution is 4.85. The molecule has 1 unspecified atom stereocenters. The number of hydrogen-bond acceptors (Lipinski definition) is 6. The summed E-state index contributed by atoms with van der Waals surface area (Å²) < 4.78 is 10.4. The van der Waals surface area contributed by atoms with Crippen molar-refractivity contribution in [2.45, 2.75) is 45.9 Å². The second kappa shape index (κ2) is 7.45. The fraction of sp³-hybridized carbons (Fsp3) is 0.833. The Bertz CT molecular complexity index is 341. The van der Waals surface area contributed by atoms with Crippen molar-refractivity contribution < 1.29 is 14.4 Å². The fourth-order valence-corrected chi connectivity index (χ4v) is 1.51. The zero-order valence-electron chi connectivity index (χ0n) is 11.6. The summed E-state index contributed by atoms with van der Waals surface area (Å²) in [5, 5.41) is 13.6. The highest BCUT2D eigenvalue weighted by atomic mass is 16.5. The number of likely N-dealkylation sites (N-methyl/N-ethyl adjacent to an activating group) is 1. The van der Waals surface area contributed by atoms with Crippen LogP contribution in [-0.4, -0.2) is 52.6 Å². The van der Waals surface area contributed by atoms with Crippen LogP contribution in [0, 0.1) is 0 Å². The molecule has 0 aliphatic heterocycles. The molecule has 0 bridgehead atoms. The van der Waals surface area contributed by atoms with Gasteiger partial charge in [-0.3, -0.25) is 4.90 Å². The summed E-state index contributed by atoms with van der Waals surface area (Å²) in [6.07, 6.45) is 0.386. The van der Waals surface area contributed by atoms with Crippen LogP contribution in [0.15, 0.2) is 4.52 Å². The summed E-state index contributed by atoms with van der Waals surface area (Å²) >= 11 is 0. The topological polar surface area (TPSA) is 71.6 Å². The van der Waals surface area contributed by atoms with E-state index in [1.54, 1.807) is 0 Å². The lowest BCUT2D eigenvalue weighted by Crippen LogP contribution is -2.32. The Balaban J connectivity index is 2.29. The van der Waals surface area contributed by atoms with Gasteiger partial charge in [-0.2, -0.15) is 4.98 Å². The Morgan fingerprint density at radius 1 is 1.44 bits per heavy atom. The van der Waals surface area contributed by atoms with Gasteiger partial charge in [-0.1, -0.05) is 12.1 Å². The van der Waals surface area contributed by atoms with E-state index in [0.717, 1.165) is 6.42 Å². The molecule has 0 spiro atoms. The molecule has 0 aromatic carbocycles. The van der Waals surface area contributed by atoms with Crippen LogP contribution < -0.4 is 0 Å². The number of aliphatic hydroxyl groups excluding tert-OH is 1. The van der Waals surface area contributed by atoms with Crippen LogP contribution in [0.2, 0.25) is 0 Å². The predicted molar refractivity (Wildman–Crippen MR) is 67.1 cm³/mol. The molecule has 0 aliphatic carbocycles. The molecule has 18 heavy (non-hydrogen) atoms. The average Bonchev–Trinajstić information content (AvgIpc) is 2.73. The SMILES string of the molecule is CCc1noc(CN(C)CC(O)COC(C)C)n1. The van der Waals surface area contributed by atoms with Gasteiger partial charge >= 0.3 is 0 Å². The van der Waals surface area contributed by atoms with Crippen LogP contribution in [0.1, 0.15) is 32.5 Å². The molecule has 1 rings (SSSR count). The number of nitrogens with zero attached hydrogens (tertiary/aromatic N) is 3. The number of ether oxygens (including phenoxy) is 1. The van der Waals surface area contributed by atoms with E-state index in [-0.39, 0.29) is 6.10 Å². The van der Waals surface area contributed by atoms with Crippen molar-refractivity contribution in [3.05, 3.63) is 11.7 Å². The number of aliphatic hydroxyl groups is 1. The minimum absolute atomic E-state index is 0.132. The van der Waals surface area contributed by atoms with Crippen molar-refractivity contribution >= 4 is 0 Å². The van der Waals surface area contributed by atoms with Crippen LogP contribution in [0.4, 0.5) is 0 Å². The van der Waals surface area contributed by atoms with E-state index in [9.17, 15) is 5.11 Å². The third-order valence-electron chi connectivity index (χ3n) is 2.38. The molecule has 0 fully saturated rings. The molecule has 0 amide bonds. The Morgan fingerprint density at radius 3 is 2.72 bits per heavy atom. The minimum Gasteiger partial charge on any atom is -0.389 e. The zero-order chi connectivity index (χ0) is 13.5. The van der Waals surface area contributed by atoms with E-state index in [4.69, 9.17) is 9.26 Å². The van der Waals surface area contributed by atoms with Crippen LogP contribution in [-0.2, 0) is 17.7 Å². The Kier molecular flexibility index (Phi) is 6.24. The molecule has 1 N–H and O–H groups in total. The Labute approximate surface area is 108 Å². The first-order valence-corrected chi connectivity index (χ1v) is 6.31. The Hall–Kier alpha value is -0.980. The second-order valence-corrected chi connectivity index (χ2v) is 4.69. The van der Waals surface area contributed by atoms with E-state index in [0.29, 0.717) is 31.4 Å². The molecule has 1 aromatic heterocycles. The van der Waals surface area contributed by atoms with Crippen molar-refractivity contribution in [2.24, 2.45) is 0 Å². The quantitative estimate of drug-likeness (QED) is 0.744. The first kappa shape index (κ1) is 15.1. The normalized spacial score (nSPS) is 13.5.